The fourth-order valence-corrected chi connectivity index (χ4v) is 4.34. The molecule has 0 aromatic carbocycles. The number of carbonyl (C=O) groups is 2. The first-order valence-corrected chi connectivity index (χ1v) is 10.2. The average Bonchev–Trinajstić information content (AvgIpc) is 3.45. The number of amides is 2. The van der Waals surface area contributed by atoms with E-state index in [0.717, 1.165) is 6.07 Å². The highest BCUT2D eigenvalue weighted by Gasteiger charge is 2.35. The third-order valence-corrected chi connectivity index (χ3v) is 5.95. The Bertz CT molecular complexity index is 1340. The molecule has 0 unspecified atom stereocenters. The van der Waals surface area contributed by atoms with Crippen LogP contribution in [0.4, 0.5) is 18.9 Å². The number of alkyl halides is 3. The Balaban J connectivity index is 1.95. The normalized spacial score (nSPS) is 11.8. The number of hydrogen-bond acceptors (Lipinski definition) is 6. The molecule has 0 atom stereocenters. The van der Waals surface area contributed by atoms with E-state index >= 15 is 0 Å². The van der Waals surface area contributed by atoms with Gasteiger partial charge in [0.1, 0.15) is 21.2 Å². The number of furan rings is 1. The van der Waals surface area contributed by atoms with Gasteiger partial charge in [-0.15, -0.1) is 11.3 Å². The van der Waals surface area contributed by atoms with Gasteiger partial charge in [-0.05, 0) is 32.0 Å². The predicted molar refractivity (Wildman–Crippen MR) is 111 cm³/mol. The summed E-state index contributed by atoms with van der Waals surface area (Å²) in [5.41, 5.74) is 5.15. The van der Waals surface area contributed by atoms with E-state index in [1.165, 1.54) is 24.6 Å². The number of nitrogens with zero attached hydrogens (tertiary/aromatic N) is 3. The highest BCUT2D eigenvalue weighted by molar-refractivity contribution is 7.21. The van der Waals surface area contributed by atoms with Gasteiger partial charge in [-0.3, -0.25) is 14.3 Å². The van der Waals surface area contributed by atoms with Gasteiger partial charge >= 0.3 is 6.18 Å². The molecule has 0 radical (unpaired) electrons. The molecule has 8 nitrogen and oxygen atoms in total. The molecule has 3 N–H and O–H groups in total. The van der Waals surface area contributed by atoms with E-state index in [1.807, 2.05) is 6.92 Å². The number of pyridine rings is 1. The van der Waals surface area contributed by atoms with Crippen LogP contribution < -0.4 is 11.1 Å². The Morgan fingerprint density at radius 2 is 2.09 bits per heavy atom. The van der Waals surface area contributed by atoms with Gasteiger partial charge in [0.05, 0.1) is 23.7 Å². The lowest BCUT2D eigenvalue weighted by molar-refractivity contribution is -0.140. The van der Waals surface area contributed by atoms with Crippen LogP contribution in [0.5, 0.6) is 0 Å². The molecule has 0 aliphatic rings. The van der Waals surface area contributed by atoms with Crippen LogP contribution in [0.25, 0.3) is 21.5 Å². The summed E-state index contributed by atoms with van der Waals surface area (Å²) in [7, 11) is 0. The molecule has 0 bridgehead atoms. The first-order valence-electron chi connectivity index (χ1n) is 9.34. The second-order valence-electron chi connectivity index (χ2n) is 6.79. The Morgan fingerprint density at radius 3 is 2.66 bits per heavy atom. The largest absolute Gasteiger partial charge is 0.464 e. The van der Waals surface area contributed by atoms with E-state index in [1.54, 1.807) is 11.6 Å². The lowest BCUT2D eigenvalue weighted by atomic mass is 10.1. The molecule has 0 aliphatic carbocycles. The number of carbonyl (C=O) groups excluding carboxylic acids is 2. The molecule has 4 aromatic heterocycles. The fraction of sp³-hybridized carbons (Fsp3) is 0.200. The number of anilines is 1. The summed E-state index contributed by atoms with van der Waals surface area (Å²) in [6.07, 6.45) is -2.06. The molecule has 166 valence electrons. The van der Waals surface area contributed by atoms with Gasteiger partial charge in [-0.2, -0.15) is 18.3 Å². The molecule has 0 spiro atoms. The number of aromatic nitrogens is 3. The van der Waals surface area contributed by atoms with E-state index in [-0.39, 0.29) is 37.7 Å². The van der Waals surface area contributed by atoms with E-state index in [9.17, 15) is 22.8 Å². The van der Waals surface area contributed by atoms with E-state index in [4.69, 9.17) is 10.2 Å². The van der Waals surface area contributed by atoms with Gasteiger partial charge in [0.2, 0.25) is 0 Å². The van der Waals surface area contributed by atoms with E-state index in [0.29, 0.717) is 23.6 Å². The minimum absolute atomic E-state index is 0.0207. The SMILES string of the molecule is CCn1ncc(C(=O)Nc2c(C(N)=O)sc3nc(C(F)(F)F)cc(-c4ccco4)c23)c1C. The number of primary amides is 1. The van der Waals surface area contributed by atoms with Crippen LogP contribution >= 0.6 is 11.3 Å². The van der Waals surface area contributed by atoms with Gasteiger partial charge in [0, 0.05) is 23.2 Å². The maximum absolute atomic E-state index is 13.5. The van der Waals surface area contributed by atoms with Crippen LogP contribution in [0.15, 0.2) is 35.1 Å². The molecule has 0 fully saturated rings. The zero-order chi connectivity index (χ0) is 23.2. The Hall–Kier alpha value is -3.67. The van der Waals surface area contributed by atoms with Crippen LogP contribution in [0.2, 0.25) is 0 Å². The lowest BCUT2D eigenvalue weighted by Crippen LogP contribution is -2.17. The minimum atomic E-state index is -4.73. The van der Waals surface area contributed by atoms with Crippen LogP contribution in [-0.4, -0.2) is 26.6 Å². The summed E-state index contributed by atoms with van der Waals surface area (Å²) < 4.78 is 47.3. The van der Waals surface area contributed by atoms with Crippen molar-refractivity contribution in [3.8, 4) is 11.3 Å². The maximum Gasteiger partial charge on any atom is 0.433 e. The number of rotatable bonds is 5. The number of nitrogens with two attached hydrogens (primary N) is 1. The van der Waals surface area contributed by atoms with Gasteiger partial charge < -0.3 is 15.5 Å². The maximum atomic E-state index is 13.5. The summed E-state index contributed by atoms with van der Waals surface area (Å²) in [5.74, 6) is -1.39. The first-order chi connectivity index (χ1) is 15.1. The summed E-state index contributed by atoms with van der Waals surface area (Å²) in [5, 5.41) is 6.87. The third-order valence-electron chi connectivity index (χ3n) is 4.85. The predicted octanol–water partition coefficient (Wildman–Crippen LogP) is 4.45. The zero-order valence-corrected chi connectivity index (χ0v) is 17.6. The summed E-state index contributed by atoms with van der Waals surface area (Å²) in [6, 6.07) is 3.79. The molecule has 0 saturated heterocycles. The van der Waals surface area contributed by atoms with Crippen molar-refractivity contribution in [3.05, 3.63) is 52.5 Å². The minimum Gasteiger partial charge on any atom is -0.464 e. The highest BCUT2D eigenvalue weighted by atomic mass is 32.1. The van der Waals surface area contributed by atoms with Crippen molar-refractivity contribution in [2.75, 3.05) is 5.32 Å². The average molecular weight is 463 g/mol. The van der Waals surface area contributed by atoms with Crippen molar-refractivity contribution in [2.45, 2.75) is 26.6 Å². The zero-order valence-electron chi connectivity index (χ0n) is 16.8. The molecule has 0 aliphatic heterocycles. The Morgan fingerprint density at radius 1 is 1.34 bits per heavy atom. The van der Waals surface area contributed by atoms with E-state index in [2.05, 4.69) is 15.4 Å². The molecule has 4 heterocycles. The van der Waals surface area contributed by atoms with Crippen molar-refractivity contribution in [1.29, 1.82) is 0 Å². The summed E-state index contributed by atoms with van der Waals surface area (Å²) in [4.78, 5) is 28.5. The number of fused-ring (bicyclic) bond motifs is 1. The molecular weight excluding hydrogens is 447 g/mol. The van der Waals surface area contributed by atoms with Crippen molar-refractivity contribution in [3.63, 3.8) is 0 Å². The van der Waals surface area contributed by atoms with Crippen molar-refractivity contribution in [1.82, 2.24) is 14.8 Å². The summed E-state index contributed by atoms with van der Waals surface area (Å²) >= 11 is 0.662. The Kier molecular flexibility index (Phi) is 5.25. The van der Waals surface area contributed by atoms with Gasteiger partial charge in [0.15, 0.2) is 0 Å². The number of aryl methyl sites for hydroxylation is 1. The third kappa shape index (κ3) is 3.62. The van der Waals surface area contributed by atoms with Crippen molar-refractivity contribution < 1.29 is 27.2 Å². The highest BCUT2D eigenvalue weighted by Crippen LogP contribution is 2.43. The van der Waals surface area contributed by atoms with E-state index < -0.39 is 23.7 Å². The molecule has 12 heteroatoms. The van der Waals surface area contributed by atoms with Crippen molar-refractivity contribution in [2.24, 2.45) is 5.73 Å². The topological polar surface area (TPSA) is 116 Å². The molecule has 0 saturated carbocycles. The monoisotopic (exact) mass is 463 g/mol. The first kappa shape index (κ1) is 21.6. The summed E-state index contributed by atoms with van der Waals surface area (Å²) in [6.45, 7) is 4.11. The second-order valence-corrected chi connectivity index (χ2v) is 7.79. The number of halogens is 3. The van der Waals surface area contributed by atoms with Crippen LogP contribution in [0.1, 0.15) is 38.3 Å². The smallest absolute Gasteiger partial charge is 0.433 e. The van der Waals surface area contributed by atoms with Gasteiger partial charge in [-0.1, -0.05) is 0 Å². The lowest BCUT2D eigenvalue weighted by Gasteiger charge is -2.11. The Labute approximate surface area is 182 Å². The van der Waals surface area contributed by atoms with Crippen LogP contribution in [-0.2, 0) is 12.7 Å². The van der Waals surface area contributed by atoms with Gasteiger partial charge in [0.25, 0.3) is 11.8 Å². The molecule has 32 heavy (non-hydrogen) atoms. The fourth-order valence-electron chi connectivity index (χ4n) is 3.33. The van der Waals surface area contributed by atoms with Crippen LogP contribution in [0.3, 0.4) is 0 Å². The molecule has 4 rings (SSSR count). The quantitative estimate of drug-likeness (QED) is 0.454. The molecular formula is C20H16F3N5O3S. The standard InChI is InChI=1S/C20H16F3N5O3S/c1-3-28-9(2)11(8-25-28)18(30)27-15-14-10(12-5-4-6-31-12)7-13(20(21,22)23)26-19(14)32-16(15)17(24)29/h4-8H,3H2,1-2H3,(H2,24,29)(H,27,30). The molecule has 2 amide bonds. The second kappa shape index (κ2) is 7.79. The number of hydrogen-bond donors (Lipinski definition) is 2. The van der Waals surface area contributed by atoms with Gasteiger partial charge in [-0.25, -0.2) is 4.98 Å². The molecule has 4 aromatic rings. The van der Waals surface area contributed by atoms with Crippen LogP contribution in [0, 0.1) is 6.92 Å². The van der Waals surface area contributed by atoms with Crippen molar-refractivity contribution >= 4 is 39.1 Å². The number of thiophene rings is 1. The number of nitrogens with one attached hydrogen (secondary N) is 1.